The van der Waals surface area contributed by atoms with Crippen LogP contribution in [-0.4, -0.2) is 17.4 Å². The van der Waals surface area contributed by atoms with Crippen molar-refractivity contribution in [1.82, 2.24) is 10.6 Å². The van der Waals surface area contributed by atoms with Crippen LogP contribution in [-0.2, 0) is 9.59 Å². The van der Waals surface area contributed by atoms with Crippen LogP contribution in [0, 0.1) is 5.41 Å². The Morgan fingerprint density at radius 3 is 2.08 bits per heavy atom. The first kappa shape index (κ1) is 20.5. The number of carbonyl (C=O) groups excluding carboxylic acids is 2. The molecule has 2 N–H and O–H groups in total. The van der Waals surface area contributed by atoms with E-state index in [1.54, 1.807) is 12.1 Å². The van der Waals surface area contributed by atoms with Gasteiger partial charge in [0, 0.05) is 17.5 Å². The summed E-state index contributed by atoms with van der Waals surface area (Å²) in [6.45, 7) is 11.9. The zero-order valence-electron chi connectivity index (χ0n) is 15.5. The van der Waals surface area contributed by atoms with Crippen LogP contribution >= 0.6 is 11.6 Å². The fourth-order valence-corrected chi connectivity index (χ4v) is 3.30. The van der Waals surface area contributed by atoms with Gasteiger partial charge in [0.25, 0.3) is 0 Å². The molecule has 24 heavy (non-hydrogen) atoms. The molecule has 1 atom stereocenters. The predicted octanol–water partition coefficient (Wildman–Crippen LogP) is 4.24. The minimum atomic E-state index is -0.370. The molecule has 0 aromatic heterocycles. The van der Waals surface area contributed by atoms with Crippen LogP contribution in [0.2, 0.25) is 5.02 Å². The van der Waals surface area contributed by atoms with Crippen LogP contribution < -0.4 is 10.6 Å². The molecule has 0 aliphatic carbocycles. The molecule has 1 unspecified atom stereocenters. The van der Waals surface area contributed by atoms with Gasteiger partial charge in [-0.3, -0.25) is 9.59 Å². The van der Waals surface area contributed by atoms with Crippen LogP contribution in [0.1, 0.15) is 66.0 Å². The van der Waals surface area contributed by atoms with Gasteiger partial charge in [-0.2, -0.15) is 0 Å². The maximum absolute atomic E-state index is 12.5. The Balaban J connectivity index is 2.81. The second-order valence-electron chi connectivity index (χ2n) is 8.18. The molecule has 0 fully saturated rings. The van der Waals surface area contributed by atoms with E-state index in [-0.39, 0.29) is 35.2 Å². The Bertz CT molecular complexity index is 574. The molecule has 1 aromatic rings. The van der Waals surface area contributed by atoms with Crippen molar-refractivity contribution in [3.05, 3.63) is 34.9 Å². The summed E-state index contributed by atoms with van der Waals surface area (Å²) in [6, 6.07) is 6.80. The Hall–Kier alpha value is -1.55. The third-order valence-electron chi connectivity index (χ3n) is 3.49. The van der Waals surface area contributed by atoms with E-state index in [2.05, 4.69) is 31.4 Å². The maximum Gasteiger partial charge on any atom is 0.222 e. The molecule has 0 heterocycles. The van der Waals surface area contributed by atoms with Crippen molar-refractivity contribution in [2.45, 2.75) is 66.0 Å². The van der Waals surface area contributed by atoms with E-state index >= 15 is 0 Å². The molecule has 134 valence electrons. The van der Waals surface area contributed by atoms with Gasteiger partial charge >= 0.3 is 0 Å². The molecule has 0 aliphatic heterocycles. The van der Waals surface area contributed by atoms with Crippen molar-refractivity contribution in [2.75, 3.05) is 0 Å². The summed E-state index contributed by atoms with van der Waals surface area (Å²) in [7, 11) is 0. The third-order valence-corrected chi connectivity index (χ3v) is 3.74. The second-order valence-corrected chi connectivity index (χ2v) is 8.61. The number of nitrogens with one attached hydrogen (secondary N) is 2. The smallest absolute Gasteiger partial charge is 0.222 e. The summed E-state index contributed by atoms with van der Waals surface area (Å²) in [5, 5.41) is 6.54. The number of hydrogen-bond donors (Lipinski definition) is 2. The largest absolute Gasteiger partial charge is 0.351 e. The Morgan fingerprint density at radius 2 is 1.62 bits per heavy atom. The number of carbonyl (C=O) groups is 2. The second kappa shape index (κ2) is 8.02. The molecule has 0 bridgehead atoms. The molecule has 1 aromatic carbocycles. The number of hydrogen-bond acceptors (Lipinski definition) is 2. The van der Waals surface area contributed by atoms with Gasteiger partial charge in [-0.1, -0.05) is 44.5 Å². The van der Waals surface area contributed by atoms with Gasteiger partial charge in [0.05, 0.1) is 12.5 Å². The van der Waals surface area contributed by atoms with Crippen molar-refractivity contribution in [3.8, 4) is 0 Å². The number of benzene rings is 1. The minimum Gasteiger partial charge on any atom is -0.351 e. The number of halogens is 1. The van der Waals surface area contributed by atoms with E-state index < -0.39 is 0 Å². The molecule has 0 saturated heterocycles. The van der Waals surface area contributed by atoms with E-state index in [4.69, 9.17) is 11.6 Å². The summed E-state index contributed by atoms with van der Waals surface area (Å²) in [5.74, 6) is -0.255. The zero-order chi connectivity index (χ0) is 18.5. The van der Waals surface area contributed by atoms with Gasteiger partial charge in [0.1, 0.15) is 0 Å². The van der Waals surface area contributed by atoms with Crippen molar-refractivity contribution < 1.29 is 9.59 Å². The molecule has 4 nitrogen and oxygen atoms in total. The zero-order valence-corrected chi connectivity index (χ0v) is 16.3. The van der Waals surface area contributed by atoms with Crippen LogP contribution in [0.5, 0.6) is 0 Å². The fourth-order valence-electron chi connectivity index (χ4n) is 3.18. The van der Waals surface area contributed by atoms with Crippen LogP contribution in [0.4, 0.5) is 0 Å². The Labute approximate surface area is 150 Å². The lowest BCUT2D eigenvalue weighted by atomic mass is 9.81. The van der Waals surface area contributed by atoms with Crippen LogP contribution in [0.3, 0.4) is 0 Å². The van der Waals surface area contributed by atoms with E-state index in [0.717, 1.165) is 12.0 Å². The van der Waals surface area contributed by atoms with Crippen molar-refractivity contribution in [2.24, 2.45) is 5.41 Å². The van der Waals surface area contributed by atoms with Gasteiger partial charge in [0.15, 0.2) is 0 Å². The Kier molecular flexibility index (Phi) is 6.85. The average Bonchev–Trinajstić information content (AvgIpc) is 2.34. The monoisotopic (exact) mass is 352 g/mol. The van der Waals surface area contributed by atoms with Crippen molar-refractivity contribution in [1.29, 1.82) is 0 Å². The number of amides is 2. The highest BCUT2D eigenvalue weighted by atomic mass is 35.5. The van der Waals surface area contributed by atoms with Crippen molar-refractivity contribution in [3.63, 3.8) is 0 Å². The quantitative estimate of drug-likeness (QED) is 0.804. The lowest BCUT2D eigenvalue weighted by Gasteiger charge is -2.33. The molecule has 2 amide bonds. The lowest BCUT2D eigenvalue weighted by molar-refractivity contribution is -0.124. The van der Waals surface area contributed by atoms with E-state index in [9.17, 15) is 9.59 Å². The van der Waals surface area contributed by atoms with Crippen LogP contribution in [0.25, 0.3) is 0 Å². The molecule has 1 rings (SSSR count). The average molecular weight is 353 g/mol. The summed E-state index contributed by atoms with van der Waals surface area (Å²) in [5.41, 5.74) is 0.665. The standard InChI is InChI=1S/C19H29ClN2O2/c1-13(23)21-16(14-7-9-15(20)10-8-14)11-17(24)22-19(5,6)12-18(2,3)4/h7-10,16H,11-12H2,1-6H3,(H,21,23)(H,22,24). The van der Waals surface area contributed by atoms with E-state index in [1.165, 1.54) is 6.92 Å². The first-order valence-electron chi connectivity index (χ1n) is 8.21. The molecular formula is C19H29ClN2O2. The molecule has 0 aliphatic rings. The highest BCUT2D eigenvalue weighted by Crippen LogP contribution is 2.27. The molecule has 0 spiro atoms. The number of rotatable bonds is 6. The Morgan fingerprint density at radius 1 is 1.08 bits per heavy atom. The van der Waals surface area contributed by atoms with E-state index in [1.807, 2.05) is 26.0 Å². The maximum atomic E-state index is 12.5. The summed E-state index contributed by atoms with van der Waals surface area (Å²) in [4.78, 5) is 24.0. The molecule has 0 radical (unpaired) electrons. The first-order valence-corrected chi connectivity index (χ1v) is 8.59. The van der Waals surface area contributed by atoms with Gasteiger partial charge in [-0.15, -0.1) is 0 Å². The topological polar surface area (TPSA) is 58.2 Å². The van der Waals surface area contributed by atoms with Gasteiger partial charge in [-0.25, -0.2) is 0 Å². The summed E-state index contributed by atoms with van der Waals surface area (Å²) < 4.78 is 0. The lowest BCUT2D eigenvalue weighted by Crippen LogP contribution is -2.46. The highest BCUT2D eigenvalue weighted by molar-refractivity contribution is 6.30. The van der Waals surface area contributed by atoms with Gasteiger partial charge in [0.2, 0.25) is 11.8 Å². The predicted molar refractivity (Wildman–Crippen MR) is 98.9 cm³/mol. The molecular weight excluding hydrogens is 324 g/mol. The summed E-state index contributed by atoms with van der Waals surface area (Å²) in [6.07, 6.45) is 1.05. The van der Waals surface area contributed by atoms with Gasteiger partial charge in [-0.05, 0) is 43.4 Å². The highest BCUT2D eigenvalue weighted by Gasteiger charge is 2.28. The summed E-state index contributed by atoms with van der Waals surface area (Å²) >= 11 is 5.91. The molecule has 0 saturated carbocycles. The molecule has 5 heteroatoms. The SMILES string of the molecule is CC(=O)NC(CC(=O)NC(C)(C)CC(C)(C)C)c1ccc(Cl)cc1. The minimum absolute atomic E-state index is 0.0852. The fraction of sp³-hybridized carbons (Fsp3) is 0.579. The van der Waals surface area contributed by atoms with Crippen molar-refractivity contribution >= 4 is 23.4 Å². The normalized spacial score (nSPS) is 13.3. The van der Waals surface area contributed by atoms with E-state index in [0.29, 0.717) is 5.02 Å². The first-order chi connectivity index (χ1) is 10.9. The third kappa shape index (κ3) is 7.82. The van der Waals surface area contributed by atoms with Gasteiger partial charge < -0.3 is 10.6 Å². The van der Waals surface area contributed by atoms with Crippen LogP contribution in [0.15, 0.2) is 24.3 Å².